The summed E-state index contributed by atoms with van der Waals surface area (Å²) in [5.74, 6) is -0.135. The lowest BCUT2D eigenvalue weighted by Gasteiger charge is -2.30. The zero-order chi connectivity index (χ0) is 19.6. The Hall–Kier alpha value is -2.34. The molecule has 0 aliphatic carbocycles. The van der Waals surface area contributed by atoms with Crippen molar-refractivity contribution >= 4 is 21.4 Å². The number of rotatable bonds is 5. The van der Waals surface area contributed by atoms with E-state index in [4.69, 9.17) is 9.47 Å². The van der Waals surface area contributed by atoms with Crippen molar-refractivity contribution in [3.8, 4) is 5.75 Å². The zero-order valence-electron chi connectivity index (χ0n) is 16.1. The van der Waals surface area contributed by atoms with Crippen LogP contribution in [0.1, 0.15) is 30.9 Å². The summed E-state index contributed by atoms with van der Waals surface area (Å²) in [6.45, 7) is 5.91. The molecule has 3 rings (SSSR count). The van der Waals surface area contributed by atoms with Gasteiger partial charge in [0, 0.05) is 16.6 Å². The summed E-state index contributed by atoms with van der Waals surface area (Å²) >= 11 is 0. The molecular formula is C21H25NO4S. The van der Waals surface area contributed by atoms with Crippen molar-refractivity contribution in [3.63, 3.8) is 0 Å². The van der Waals surface area contributed by atoms with Crippen LogP contribution in [0.5, 0.6) is 5.75 Å². The second kappa shape index (κ2) is 7.72. The van der Waals surface area contributed by atoms with E-state index < -0.39 is 15.6 Å². The first-order valence-electron chi connectivity index (χ1n) is 9.04. The third kappa shape index (κ3) is 3.72. The van der Waals surface area contributed by atoms with Gasteiger partial charge in [0.2, 0.25) is 0 Å². The Morgan fingerprint density at radius 3 is 2.63 bits per heavy atom. The van der Waals surface area contributed by atoms with Gasteiger partial charge in [-0.2, -0.15) is 4.36 Å². The highest BCUT2D eigenvalue weighted by molar-refractivity contribution is 7.93. The molecule has 1 aliphatic heterocycles. The number of benzene rings is 2. The molecule has 0 bridgehead atoms. The van der Waals surface area contributed by atoms with Crippen LogP contribution < -0.4 is 4.74 Å². The number of aryl methyl sites for hydroxylation is 1. The van der Waals surface area contributed by atoms with E-state index in [-0.39, 0.29) is 17.6 Å². The van der Waals surface area contributed by atoms with E-state index in [9.17, 15) is 9.00 Å². The van der Waals surface area contributed by atoms with Gasteiger partial charge in [-0.25, -0.2) is 4.21 Å². The summed E-state index contributed by atoms with van der Waals surface area (Å²) in [5.41, 5.74) is 2.47. The second-order valence-corrected chi connectivity index (χ2v) is 9.03. The lowest BCUT2D eigenvalue weighted by Crippen LogP contribution is -2.29. The van der Waals surface area contributed by atoms with Crippen LogP contribution in [0.25, 0.3) is 0 Å². The molecule has 3 atom stereocenters. The van der Waals surface area contributed by atoms with Crippen LogP contribution in [0.3, 0.4) is 0 Å². The summed E-state index contributed by atoms with van der Waals surface area (Å²) in [4.78, 5) is 13.1. The van der Waals surface area contributed by atoms with E-state index in [0.717, 1.165) is 11.1 Å². The Labute approximate surface area is 160 Å². The Morgan fingerprint density at radius 2 is 2.00 bits per heavy atom. The van der Waals surface area contributed by atoms with Crippen molar-refractivity contribution < 1.29 is 18.5 Å². The van der Waals surface area contributed by atoms with Crippen LogP contribution in [0.4, 0.5) is 5.69 Å². The van der Waals surface area contributed by atoms with E-state index in [1.165, 1.54) is 0 Å². The maximum atomic E-state index is 13.8. The smallest absolute Gasteiger partial charge is 0.309 e. The van der Waals surface area contributed by atoms with Crippen molar-refractivity contribution in [1.29, 1.82) is 0 Å². The normalized spacial score (nSPS) is 22.3. The molecule has 1 heterocycles. The van der Waals surface area contributed by atoms with Crippen LogP contribution in [-0.2, 0) is 19.3 Å². The third-order valence-corrected chi connectivity index (χ3v) is 7.18. The van der Waals surface area contributed by atoms with Gasteiger partial charge in [-0.3, -0.25) is 4.79 Å². The number of carbonyl (C=O) groups is 1. The fraction of sp³-hybridized carbons (Fsp3) is 0.381. The van der Waals surface area contributed by atoms with Crippen LogP contribution >= 0.6 is 0 Å². The summed E-state index contributed by atoms with van der Waals surface area (Å²) in [6, 6.07) is 13.1. The second-order valence-electron chi connectivity index (χ2n) is 6.76. The molecule has 0 aromatic heterocycles. The van der Waals surface area contributed by atoms with Crippen LogP contribution in [0.2, 0.25) is 0 Å². The lowest BCUT2D eigenvalue weighted by atomic mass is 9.86. The van der Waals surface area contributed by atoms with E-state index in [0.29, 0.717) is 22.9 Å². The Bertz CT molecular complexity index is 962. The fourth-order valence-corrected chi connectivity index (χ4v) is 5.86. The first-order chi connectivity index (χ1) is 12.9. The van der Waals surface area contributed by atoms with Gasteiger partial charge in [-0.1, -0.05) is 31.2 Å². The van der Waals surface area contributed by atoms with Crippen molar-refractivity contribution in [1.82, 2.24) is 0 Å². The average Bonchev–Trinajstić information content (AvgIpc) is 2.67. The predicted octanol–water partition coefficient (Wildman–Crippen LogP) is 4.46. The zero-order valence-corrected chi connectivity index (χ0v) is 16.9. The van der Waals surface area contributed by atoms with Crippen LogP contribution in [0.15, 0.2) is 51.7 Å². The number of hydrogen-bond acceptors (Lipinski definition) is 5. The number of esters is 1. The number of hydrogen-bond donors (Lipinski definition) is 0. The summed E-state index contributed by atoms with van der Waals surface area (Å²) in [6.07, 6.45) is 0. The molecule has 0 spiro atoms. The average molecular weight is 388 g/mol. The van der Waals surface area contributed by atoms with Gasteiger partial charge < -0.3 is 9.47 Å². The highest BCUT2D eigenvalue weighted by Crippen LogP contribution is 2.46. The van der Waals surface area contributed by atoms with Crippen molar-refractivity contribution in [2.24, 2.45) is 10.3 Å². The van der Waals surface area contributed by atoms with Gasteiger partial charge >= 0.3 is 5.97 Å². The van der Waals surface area contributed by atoms with Gasteiger partial charge in [-0.15, -0.1) is 0 Å². The molecule has 27 heavy (non-hydrogen) atoms. The Morgan fingerprint density at radius 1 is 1.30 bits per heavy atom. The van der Waals surface area contributed by atoms with Gasteiger partial charge in [0.15, 0.2) is 0 Å². The molecule has 144 valence electrons. The van der Waals surface area contributed by atoms with Crippen molar-refractivity contribution in [2.75, 3.05) is 19.5 Å². The first kappa shape index (κ1) is 19.4. The maximum absolute atomic E-state index is 13.8. The molecule has 1 aliphatic rings. The van der Waals surface area contributed by atoms with E-state index >= 15 is 0 Å². The Balaban J connectivity index is 2.22. The molecule has 1 unspecified atom stereocenters. The quantitative estimate of drug-likeness (QED) is 0.711. The fourth-order valence-electron chi connectivity index (χ4n) is 3.46. The molecule has 6 heteroatoms. The topological polar surface area (TPSA) is 65.0 Å². The summed E-state index contributed by atoms with van der Waals surface area (Å²) in [5, 5.41) is 0. The molecule has 0 N–H and O–H groups in total. The molecule has 2 aromatic carbocycles. The molecule has 0 saturated carbocycles. The molecule has 5 nitrogen and oxygen atoms in total. The third-order valence-electron chi connectivity index (χ3n) is 4.89. The van der Waals surface area contributed by atoms with E-state index in [1.807, 2.05) is 56.3 Å². The number of nitrogens with zero attached hydrogens (tertiary/aromatic N) is 1. The molecule has 0 radical (unpaired) electrons. The minimum atomic E-state index is -2.73. The number of carbonyl (C=O) groups excluding carboxylic acids is 1. The SMILES string of the molecule is CCOC(=O)[C@@H](C)[C@H]1CS(=O)(c2ccccc2)=Nc2c(OC)cc(C)cc21. The van der Waals surface area contributed by atoms with Crippen LogP contribution in [-0.4, -0.2) is 29.6 Å². The van der Waals surface area contributed by atoms with Gasteiger partial charge in [-0.05, 0) is 43.2 Å². The van der Waals surface area contributed by atoms with E-state index in [1.54, 1.807) is 14.0 Å². The predicted molar refractivity (Wildman–Crippen MR) is 106 cm³/mol. The van der Waals surface area contributed by atoms with Crippen LogP contribution in [0, 0.1) is 12.8 Å². The Kier molecular flexibility index (Phi) is 5.56. The number of ether oxygens (including phenoxy) is 2. The molecular weight excluding hydrogens is 362 g/mol. The van der Waals surface area contributed by atoms with Gasteiger partial charge in [0.25, 0.3) is 0 Å². The standard InChI is InChI=1S/C21H25NO4S/c1-5-26-21(23)15(3)18-13-27(24,16-9-7-6-8-10-16)22-20-17(18)11-14(2)12-19(20)25-4/h6-12,15,18H,5,13H2,1-4H3/t15-,18+,27?/m0/s1. The minimum absolute atomic E-state index is 0.266. The van der Waals surface area contributed by atoms with Gasteiger partial charge in [0.05, 0.1) is 29.4 Å². The number of fused-ring (bicyclic) bond motifs is 1. The summed E-state index contributed by atoms with van der Waals surface area (Å²) < 4.78 is 29.3. The minimum Gasteiger partial charge on any atom is -0.494 e. The summed E-state index contributed by atoms with van der Waals surface area (Å²) in [7, 11) is -1.16. The molecule has 0 fully saturated rings. The van der Waals surface area contributed by atoms with E-state index in [2.05, 4.69) is 4.36 Å². The molecule has 2 aromatic rings. The highest BCUT2D eigenvalue weighted by atomic mass is 32.2. The number of methoxy groups -OCH3 is 1. The lowest BCUT2D eigenvalue weighted by molar-refractivity contribution is -0.148. The highest BCUT2D eigenvalue weighted by Gasteiger charge is 2.37. The van der Waals surface area contributed by atoms with Gasteiger partial charge in [0.1, 0.15) is 11.4 Å². The monoisotopic (exact) mass is 387 g/mol. The first-order valence-corrected chi connectivity index (χ1v) is 10.7. The largest absolute Gasteiger partial charge is 0.494 e. The maximum Gasteiger partial charge on any atom is 0.309 e. The van der Waals surface area contributed by atoms with Crippen molar-refractivity contribution in [2.45, 2.75) is 31.6 Å². The molecule has 0 amide bonds. The molecule has 0 saturated heterocycles. The van der Waals surface area contributed by atoms with Crippen molar-refractivity contribution in [3.05, 3.63) is 53.6 Å².